The van der Waals surface area contributed by atoms with E-state index in [1.54, 1.807) is 0 Å². The fourth-order valence-electron chi connectivity index (χ4n) is 3.69. The van der Waals surface area contributed by atoms with E-state index in [0.717, 1.165) is 18.8 Å². The number of carbonyl (C=O) groups is 2. The Bertz CT molecular complexity index is 438. The van der Waals surface area contributed by atoms with Crippen LogP contribution < -0.4 is 0 Å². The van der Waals surface area contributed by atoms with Gasteiger partial charge in [-0.1, -0.05) is 13.8 Å². The predicted octanol–water partition coefficient (Wildman–Crippen LogP) is 1.99. The molecule has 0 N–H and O–H groups in total. The number of hydrogen-bond donors (Lipinski definition) is 0. The molecule has 0 radical (unpaired) electrons. The number of esters is 1. The lowest BCUT2D eigenvalue weighted by molar-refractivity contribution is -0.168. The molecule has 0 unspecified atom stereocenters. The van der Waals surface area contributed by atoms with Crippen LogP contribution in [0.15, 0.2) is 0 Å². The van der Waals surface area contributed by atoms with Crippen LogP contribution in [-0.4, -0.2) is 49.2 Å². The van der Waals surface area contributed by atoms with Crippen LogP contribution in [0.5, 0.6) is 0 Å². The Balaban J connectivity index is 1.49. The molecule has 0 spiro atoms. The number of hydrogen-bond acceptors (Lipinski definition) is 4. The molecule has 0 aromatic carbocycles. The molecule has 0 bridgehead atoms. The van der Waals surface area contributed by atoms with Gasteiger partial charge in [0.25, 0.3) is 0 Å². The standard InChI is InChI=1S/C17H27NO4/c1-12-3-5-14(6-4-12)18-8-13(7-15(18)19)16(20)22-11-17(2)9-21-10-17/h12-14H,3-11H2,1-2H3/t12?,13-,14?/m1/s1. The van der Waals surface area contributed by atoms with Crippen molar-refractivity contribution in [3.8, 4) is 0 Å². The summed E-state index contributed by atoms with van der Waals surface area (Å²) in [6, 6.07) is 0.332. The van der Waals surface area contributed by atoms with E-state index in [0.29, 0.717) is 38.8 Å². The van der Waals surface area contributed by atoms with Crippen LogP contribution in [0.1, 0.15) is 46.0 Å². The van der Waals surface area contributed by atoms with Crippen molar-refractivity contribution in [3.05, 3.63) is 0 Å². The number of rotatable bonds is 4. The second-order valence-electron chi connectivity index (χ2n) is 7.77. The van der Waals surface area contributed by atoms with Gasteiger partial charge < -0.3 is 14.4 Å². The lowest BCUT2D eigenvalue weighted by Gasteiger charge is -2.37. The van der Waals surface area contributed by atoms with Gasteiger partial charge >= 0.3 is 5.97 Å². The highest BCUT2D eigenvalue weighted by atomic mass is 16.5. The number of likely N-dealkylation sites (tertiary alicyclic amines) is 1. The van der Waals surface area contributed by atoms with Gasteiger partial charge in [0.15, 0.2) is 0 Å². The van der Waals surface area contributed by atoms with E-state index in [4.69, 9.17) is 9.47 Å². The van der Waals surface area contributed by atoms with Crippen molar-refractivity contribution in [1.29, 1.82) is 0 Å². The van der Waals surface area contributed by atoms with Crippen molar-refractivity contribution in [2.45, 2.75) is 52.0 Å². The number of carbonyl (C=O) groups excluding carboxylic acids is 2. The maximum atomic E-state index is 12.2. The molecular weight excluding hydrogens is 282 g/mol. The van der Waals surface area contributed by atoms with Crippen LogP contribution in [0.3, 0.4) is 0 Å². The molecule has 0 aromatic heterocycles. The lowest BCUT2D eigenvalue weighted by Crippen LogP contribution is -2.44. The topological polar surface area (TPSA) is 55.8 Å². The Morgan fingerprint density at radius 3 is 2.59 bits per heavy atom. The molecule has 2 saturated heterocycles. The average molecular weight is 309 g/mol. The molecule has 0 aromatic rings. The summed E-state index contributed by atoms with van der Waals surface area (Å²) in [4.78, 5) is 26.4. The van der Waals surface area contributed by atoms with Gasteiger partial charge in [-0.25, -0.2) is 0 Å². The molecule has 1 aliphatic carbocycles. The third kappa shape index (κ3) is 3.29. The minimum Gasteiger partial charge on any atom is -0.465 e. The van der Waals surface area contributed by atoms with Crippen molar-refractivity contribution in [2.75, 3.05) is 26.4 Å². The van der Waals surface area contributed by atoms with Crippen LogP contribution in [-0.2, 0) is 19.1 Å². The van der Waals surface area contributed by atoms with Crippen LogP contribution in [0.2, 0.25) is 0 Å². The summed E-state index contributed by atoms with van der Waals surface area (Å²) < 4.78 is 10.6. The summed E-state index contributed by atoms with van der Waals surface area (Å²) in [6.07, 6.45) is 4.83. The first-order chi connectivity index (χ1) is 10.5. The summed E-state index contributed by atoms with van der Waals surface area (Å²) in [7, 11) is 0. The maximum Gasteiger partial charge on any atom is 0.311 e. The predicted molar refractivity (Wildman–Crippen MR) is 81.1 cm³/mol. The smallest absolute Gasteiger partial charge is 0.311 e. The summed E-state index contributed by atoms with van der Waals surface area (Å²) in [5.74, 6) is 0.393. The molecule has 5 heteroatoms. The Labute approximate surface area is 132 Å². The Morgan fingerprint density at radius 1 is 1.32 bits per heavy atom. The number of amides is 1. The van der Waals surface area contributed by atoms with Crippen LogP contribution in [0.4, 0.5) is 0 Å². The zero-order valence-electron chi connectivity index (χ0n) is 13.7. The summed E-state index contributed by atoms with van der Waals surface area (Å²) in [5, 5.41) is 0. The van der Waals surface area contributed by atoms with Gasteiger partial charge in [-0.05, 0) is 31.6 Å². The van der Waals surface area contributed by atoms with E-state index in [1.165, 1.54) is 12.8 Å². The third-order valence-corrected chi connectivity index (χ3v) is 5.38. The van der Waals surface area contributed by atoms with Gasteiger partial charge in [0.05, 0.1) is 19.1 Å². The van der Waals surface area contributed by atoms with Crippen molar-refractivity contribution in [2.24, 2.45) is 17.3 Å². The lowest BCUT2D eigenvalue weighted by atomic mass is 9.87. The largest absolute Gasteiger partial charge is 0.465 e. The van der Waals surface area contributed by atoms with Gasteiger partial charge in [-0.3, -0.25) is 9.59 Å². The van der Waals surface area contributed by atoms with E-state index < -0.39 is 0 Å². The molecule has 3 fully saturated rings. The van der Waals surface area contributed by atoms with Gasteiger partial charge in [0.1, 0.15) is 6.61 Å². The normalized spacial score (nSPS) is 34.4. The number of nitrogens with zero attached hydrogens (tertiary/aromatic N) is 1. The zero-order chi connectivity index (χ0) is 15.7. The fourth-order valence-corrected chi connectivity index (χ4v) is 3.69. The maximum absolute atomic E-state index is 12.2. The SMILES string of the molecule is CC1CCC(N2C[C@H](C(=O)OCC3(C)COC3)CC2=O)CC1. The molecule has 22 heavy (non-hydrogen) atoms. The minimum atomic E-state index is -0.281. The highest BCUT2D eigenvalue weighted by molar-refractivity contribution is 5.87. The quantitative estimate of drug-likeness (QED) is 0.745. The molecule has 124 valence electrons. The van der Waals surface area contributed by atoms with Crippen LogP contribution in [0, 0.1) is 17.3 Å². The van der Waals surface area contributed by atoms with E-state index in [1.807, 2.05) is 4.90 Å². The van der Waals surface area contributed by atoms with Gasteiger partial charge in [-0.15, -0.1) is 0 Å². The van der Waals surface area contributed by atoms with Crippen molar-refractivity contribution >= 4 is 11.9 Å². The summed E-state index contributed by atoms with van der Waals surface area (Å²) in [6.45, 7) is 6.57. The summed E-state index contributed by atoms with van der Waals surface area (Å²) in [5.41, 5.74) is -0.0303. The van der Waals surface area contributed by atoms with E-state index in [2.05, 4.69) is 13.8 Å². The minimum absolute atomic E-state index is 0.0303. The van der Waals surface area contributed by atoms with Crippen LogP contribution in [0.25, 0.3) is 0 Å². The molecule has 1 amide bonds. The first kappa shape index (κ1) is 15.8. The molecule has 3 aliphatic rings. The Morgan fingerprint density at radius 2 is 2.00 bits per heavy atom. The second kappa shape index (κ2) is 6.19. The zero-order valence-corrected chi connectivity index (χ0v) is 13.7. The highest BCUT2D eigenvalue weighted by Gasteiger charge is 2.41. The van der Waals surface area contributed by atoms with E-state index in [-0.39, 0.29) is 23.2 Å². The average Bonchev–Trinajstić information content (AvgIpc) is 2.86. The van der Waals surface area contributed by atoms with E-state index >= 15 is 0 Å². The Hall–Kier alpha value is -1.10. The van der Waals surface area contributed by atoms with Gasteiger partial charge in [0, 0.05) is 24.4 Å². The third-order valence-electron chi connectivity index (χ3n) is 5.38. The van der Waals surface area contributed by atoms with E-state index in [9.17, 15) is 9.59 Å². The van der Waals surface area contributed by atoms with Crippen molar-refractivity contribution in [1.82, 2.24) is 4.90 Å². The molecule has 1 saturated carbocycles. The Kier molecular flexibility index (Phi) is 4.44. The van der Waals surface area contributed by atoms with Crippen LogP contribution >= 0.6 is 0 Å². The fraction of sp³-hybridized carbons (Fsp3) is 0.882. The molecular formula is C17H27NO4. The molecule has 2 heterocycles. The molecule has 3 rings (SSSR count). The number of ether oxygens (including phenoxy) is 2. The first-order valence-electron chi connectivity index (χ1n) is 8.51. The molecule has 2 aliphatic heterocycles. The molecule has 5 nitrogen and oxygen atoms in total. The monoisotopic (exact) mass is 309 g/mol. The first-order valence-corrected chi connectivity index (χ1v) is 8.51. The van der Waals surface area contributed by atoms with Crippen molar-refractivity contribution < 1.29 is 19.1 Å². The van der Waals surface area contributed by atoms with Crippen molar-refractivity contribution in [3.63, 3.8) is 0 Å². The van der Waals surface area contributed by atoms with Gasteiger partial charge in [0.2, 0.25) is 5.91 Å². The van der Waals surface area contributed by atoms with Gasteiger partial charge in [-0.2, -0.15) is 0 Å². The summed E-state index contributed by atoms with van der Waals surface area (Å²) >= 11 is 0. The highest BCUT2D eigenvalue weighted by Crippen LogP contribution is 2.32. The second-order valence-corrected chi connectivity index (χ2v) is 7.77. The molecule has 1 atom stereocenters.